The van der Waals surface area contributed by atoms with Crippen molar-refractivity contribution in [2.24, 2.45) is 0 Å². The lowest BCUT2D eigenvalue weighted by Gasteiger charge is -2.04. The van der Waals surface area contributed by atoms with Gasteiger partial charge in [0.15, 0.2) is 16.6 Å². The van der Waals surface area contributed by atoms with E-state index in [0.717, 1.165) is 26.9 Å². The number of anilines is 1. The summed E-state index contributed by atoms with van der Waals surface area (Å²) in [5.41, 5.74) is 1.75. The van der Waals surface area contributed by atoms with E-state index in [-0.39, 0.29) is 12.6 Å². The number of ether oxygens (including phenoxy) is 2. The second kappa shape index (κ2) is 4.89. The van der Waals surface area contributed by atoms with Crippen LogP contribution >= 0.6 is 11.3 Å². The third-order valence-electron chi connectivity index (χ3n) is 3.23. The van der Waals surface area contributed by atoms with Crippen molar-refractivity contribution in [1.29, 1.82) is 0 Å². The van der Waals surface area contributed by atoms with Crippen molar-refractivity contribution >= 4 is 26.7 Å². The number of thiazole rings is 1. The molecule has 0 saturated carbocycles. The Balaban J connectivity index is 1.52. The fourth-order valence-corrected chi connectivity index (χ4v) is 3.05. The molecule has 0 spiro atoms. The summed E-state index contributed by atoms with van der Waals surface area (Å²) in [7, 11) is 0. The van der Waals surface area contributed by atoms with Gasteiger partial charge in [0.1, 0.15) is 5.82 Å². The van der Waals surface area contributed by atoms with Crippen molar-refractivity contribution in [2.45, 2.75) is 6.54 Å². The second-order valence-electron chi connectivity index (χ2n) is 4.67. The third kappa shape index (κ3) is 2.38. The maximum absolute atomic E-state index is 13.1. The molecule has 0 atom stereocenters. The fourth-order valence-electron chi connectivity index (χ4n) is 2.20. The van der Waals surface area contributed by atoms with Crippen LogP contribution in [0.1, 0.15) is 5.56 Å². The quantitative estimate of drug-likeness (QED) is 0.799. The zero-order chi connectivity index (χ0) is 14.2. The van der Waals surface area contributed by atoms with Gasteiger partial charge in [-0.1, -0.05) is 17.4 Å². The van der Waals surface area contributed by atoms with Crippen LogP contribution in [0.5, 0.6) is 11.5 Å². The van der Waals surface area contributed by atoms with E-state index in [2.05, 4.69) is 10.3 Å². The van der Waals surface area contributed by atoms with Crippen LogP contribution in [0.2, 0.25) is 0 Å². The van der Waals surface area contributed by atoms with Crippen molar-refractivity contribution in [3.8, 4) is 11.5 Å². The first kappa shape index (κ1) is 12.4. The lowest BCUT2D eigenvalue weighted by atomic mass is 10.2. The number of aromatic nitrogens is 1. The van der Waals surface area contributed by atoms with Crippen LogP contribution in [0.3, 0.4) is 0 Å². The van der Waals surface area contributed by atoms with E-state index in [0.29, 0.717) is 12.1 Å². The van der Waals surface area contributed by atoms with Gasteiger partial charge in [-0.25, -0.2) is 9.37 Å². The number of nitrogens with zero attached hydrogens (tertiary/aromatic N) is 1. The number of benzene rings is 2. The summed E-state index contributed by atoms with van der Waals surface area (Å²) >= 11 is 1.51. The van der Waals surface area contributed by atoms with Crippen LogP contribution < -0.4 is 14.8 Å². The predicted octanol–water partition coefficient (Wildman–Crippen LogP) is 3.78. The monoisotopic (exact) mass is 302 g/mol. The Hall–Kier alpha value is -2.34. The van der Waals surface area contributed by atoms with Gasteiger partial charge in [0, 0.05) is 12.6 Å². The Labute approximate surface area is 124 Å². The van der Waals surface area contributed by atoms with Crippen LogP contribution in [0.4, 0.5) is 9.52 Å². The molecule has 0 amide bonds. The highest BCUT2D eigenvalue weighted by molar-refractivity contribution is 7.22. The molecule has 1 N–H and O–H groups in total. The number of rotatable bonds is 3. The fraction of sp³-hybridized carbons (Fsp3) is 0.133. The summed E-state index contributed by atoms with van der Waals surface area (Å²) in [6.07, 6.45) is 0. The largest absolute Gasteiger partial charge is 0.454 e. The predicted molar refractivity (Wildman–Crippen MR) is 79.5 cm³/mol. The topological polar surface area (TPSA) is 43.4 Å². The van der Waals surface area contributed by atoms with Crippen molar-refractivity contribution in [3.63, 3.8) is 0 Å². The molecule has 0 saturated heterocycles. The SMILES string of the molecule is Fc1ccc2sc(NCc3ccc4c(c3)OCO4)nc2c1. The summed E-state index contributed by atoms with van der Waals surface area (Å²) in [4.78, 5) is 4.37. The number of fused-ring (bicyclic) bond motifs is 2. The summed E-state index contributed by atoms with van der Waals surface area (Å²) < 4.78 is 24.7. The first-order valence-electron chi connectivity index (χ1n) is 6.46. The highest BCUT2D eigenvalue weighted by Gasteiger charge is 2.13. The summed E-state index contributed by atoms with van der Waals surface area (Å²) in [5.74, 6) is 1.27. The Morgan fingerprint density at radius 2 is 2.05 bits per heavy atom. The van der Waals surface area contributed by atoms with Crippen molar-refractivity contribution in [1.82, 2.24) is 4.98 Å². The minimum Gasteiger partial charge on any atom is -0.454 e. The zero-order valence-corrected chi connectivity index (χ0v) is 11.7. The Bertz CT molecular complexity index is 819. The molecule has 2 aromatic carbocycles. The average Bonchev–Trinajstić information content (AvgIpc) is 3.09. The molecule has 2 heterocycles. The highest BCUT2D eigenvalue weighted by Crippen LogP contribution is 2.33. The van der Waals surface area contributed by atoms with E-state index < -0.39 is 0 Å². The number of halogens is 1. The van der Waals surface area contributed by atoms with Crippen LogP contribution in [0, 0.1) is 5.82 Å². The Kier molecular flexibility index (Phi) is 2.89. The van der Waals surface area contributed by atoms with Crippen LogP contribution in [0.25, 0.3) is 10.2 Å². The first-order chi connectivity index (χ1) is 10.3. The minimum atomic E-state index is -0.268. The molecule has 4 nitrogen and oxygen atoms in total. The molecular weight excluding hydrogens is 291 g/mol. The van der Waals surface area contributed by atoms with E-state index in [1.54, 1.807) is 6.07 Å². The number of hydrogen-bond acceptors (Lipinski definition) is 5. The van der Waals surface area contributed by atoms with E-state index in [1.165, 1.54) is 23.5 Å². The van der Waals surface area contributed by atoms with Gasteiger partial charge in [-0.2, -0.15) is 0 Å². The molecule has 0 fully saturated rings. The van der Waals surface area contributed by atoms with Gasteiger partial charge in [0.05, 0.1) is 10.2 Å². The molecule has 106 valence electrons. The van der Waals surface area contributed by atoms with Crippen LogP contribution in [-0.2, 0) is 6.54 Å². The second-order valence-corrected chi connectivity index (χ2v) is 5.70. The average molecular weight is 302 g/mol. The smallest absolute Gasteiger partial charge is 0.231 e. The number of nitrogens with one attached hydrogen (secondary N) is 1. The van der Waals surface area contributed by atoms with Crippen molar-refractivity contribution in [2.75, 3.05) is 12.1 Å². The van der Waals surface area contributed by atoms with Gasteiger partial charge in [-0.05, 0) is 29.8 Å². The lowest BCUT2D eigenvalue weighted by molar-refractivity contribution is 0.174. The Morgan fingerprint density at radius 1 is 1.14 bits per heavy atom. The molecule has 6 heteroatoms. The van der Waals surface area contributed by atoms with E-state index >= 15 is 0 Å². The van der Waals surface area contributed by atoms with Crippen molar-refractivity contribution in [3.05, 3.63) is 47.8 Å². The van der Waals surface area contributed by atoms with Crippen molar-refractivity contribution < 1.29 is 13.9 Å². The molecular formula is C15H11FN2O2S. The first-order valence-corrected chi connectivity index (χ1v) is 7.28. The van der Waals surface area contributed by atoms with Crippen LogP contribution in [0.15, 0.2) is 36.4 Å². The molecule has 1 aliphatic heterocycles. The van der Waals surface area contributed by atoms with E-state index in [1.807, 2.05) is 18.2 Å². The molecule has 21 heavy (non-hydrogen) atoms. The van der Waals surface area contributed by atoms with Gasteiger partial charge >= 0.3 is 0 Å². The molecule has 3 aromatic rings. The third-order valence-corrected chi connectivity index (χ3v) is 4.22. The molecule has 0 unspecified atom stereocenters. The van der Waals surface area contributed by atoms with Gasteiger partial charge < -0.3 is 14.8 Å². The molecule has 0 bridgehead atoms. The molecule has 4 rings (SSSR count). The Morgan fingerprint density at radius 3 is 3.00 bits per heavy atom. The molecule has 0 aliphatic carbocycles. The minimum absolute atomic E-state index is 0.268. The normalized spacial score (nSPS) is 12.8. The van der Waals surface area contributed by atoms with Gasteiger partial charge in [0.25, 0.3) is 0 Å². The summed E-state index contributed by atoms with van der Waals surface area (Å²) in [6, 6.07) is 10.5. The maximum atomic E-state index is 13.1. The van der Waals surface area contributed by atoms with Gasteiger partial charge in [0.2, 0.25) is 6.79 Å². The summed E-state index contributed by atoms with van der Waals surface area (Å²) in [5, 5.41) is 4.02. The summed E-state index contributed by atoms with van der Waals surface area (Å²) in [6.45, 7) is 0.897. The maximum Gasteiger partial charge on any atom is 0.231 e. The van der Waals surface area contributed by atoms with Crippen LogP contribution in [-0.4, -0.2) is 11.8 Å². The molecule has 1 aliphatic rings. The van der Waals surface area contributed by atoms with E-state index in [9.17, 15) is 4.39 Å². The molecule has 0 radical (unpaired) electrons. The van der Waals surface area contributed by atoms with Gasteiger partial charge in [-0.3, -0.25) is 0 Å². The number of hydrogen-bond donors (Lipinski definition) is 1. The van der Waals surface area contributed by atoms with E-state index in [4.69, 9.17) is 9.47 Å². The standard InChI is InChI=1S/C15H11FN2O2S/c16-10-2-4-14-11(6-10)18-15(21-14)17-7-9-1-3-12-13(5-9)20-8-19-12/h1-6H,7-8H2,(H,17,18). The van der Waals surface area contributed by atoms with Gasteiger partial charge in [-0.15, -0.1) is 0 Å². The zero-order valence-electron chi connectivity index (χ0n) is 10.9. The highest BCUT2D eigenvalue weighted by atomic mass is 32.1. The molecule has 1 aromatic heterocycles. The lowest BCUT2D eigenvalue weighted by Crippen LogP contribution is -1.98.